The summed E-state index contributed by atoms with van der Waals surface area (Å²) in [5.41, 5.74) is 0.279. The summed E-state index contributed by atoms with van der Waals surface area (Å²) in [4.78, 5) is 16.5. The van der Waals surface area contributed by atoms with E-state index in [9.17, 15) is 18.0 Å². The third-order valence-electron chi connectivity index (χ3n) is 3.34. The van der Waals surface area contributed by atoms with Crippen LogP contribution in [0, 0.1) is 10.5 Å². The van der Waals surface area contributed by atoms with Crippen LogP contribution in [0.15, 0.2) is 29.1 Å². The van der Waals surface area contributed by atoms with E-state index in [0.717, 1.165) is 4.52 Å². The highest BCUT2D eigenvalue weighted by Gasteiger charge is 2.30. The van der Waals surface area contributed by atoms with Crippen molar-refractivity contribution in [2.45, 2.75) is 19.6 Å². The monoisotopic (exact) mass is 468 g/mol. The van der Waals surface area contributed by atoms with Crippen molar-refractivity contribution in [1.29, 1.82) is 0 Å². The van der Waals surface area contributed by atoms with Crippen molar-refractivity contribution in [2.24, 2.45) is 0 Å². The van der Waals surface area contributed by atoms with Crippen LogP contribution in [0.2, 0.25) is 5.02 Å². The van der Waals surface area contributed by atoms with Gasteiger partial charge in [-0.05, 0) is 35.6 Å². The second kappa shape index (κ2) is 6.03. The fourth-order valence-corrected chi connectivity index (χ4v) is 3.25. The first kappa shape index (κ1) is 17.2. The molecule has 1 aromatic carbocycles. The molecule has 0 spiro atoms. The number of fused-ring (bicyclic) bond motifs is 1. The third-order valence-corrected chi connectivity index (χ3v) is 4.66. The lowest BCUT2D eigenvalue weighted by molar-refractivity contribution is -0.141. The smallest absolute Gasteiger partial charge is 0.271 e. The summed E-state index contributed by atoms with van der Waals surface area (Å²) >= 11 is 8.10. The number of hydrogen-bond acceptors (Lipinski definition) is 3. The Kier molecular flexibility index (Phi) is 4.32. The fourth-order valence-electron chi connectivity index (χ4n) is 2.27. The molecule has 0 saturated heterocycles. The first-order valence-electron chi connectivity index (χ1n) is 6.66. The molecule has 3 rings (SSSR count). The van der Waals surface area contributed by atoms with Gasteiger partial charge >= 0.3 is 11.9 Å². The predicted octanol–water partition coefficient (Wildman–Crippen LogP) is 3.69. The van der Waals surface area contributed by atoms with Crippen molar-refractivity contribution in [3.05, 3.63) is 49.2 Å². The van der Waals surface area contributed by atoms with Gasteiger partial charge in [-0.15, -0.1) is 0 Å². The van der Waals surface area contributed by atoms with Crippen LogP contribution in [0.5, 0.6) is 0 Å². The van der Waals surface area contributed by atoms with Gasteiger partial charge in [0.2, 0.25) is 0 Å². The molecule has 0 aliphatic rings. The van der Waals surface area contributed by atoms with Crippen LogP contribution in [0.4, 0.5) is 13.2 Å². The average Bonchev–Trinajstić information content (AvgIpc) is 2.81. The summed E-state index contributed by atoms with van der Waals surface area (Å²) in [6, 6.07) is 6.88. The van der Waals surface area contributed by atoms with E-state index in [2.05, 4.69) is 10.1 Å². The van der Waals surface area contributed by atoms with Crippen molar-refractivity contribution in [3.63, 3.8) is 0 Å². The molecular formula is C14H9ClF3IN4O. The van der Waals surface area contributed by atoms with E-state index < -0.39 is 18.4 Å². The molecule has 0 fully saturated rings. The molecule has 0 unspecified atom stereocenters. The van der Waals surface area contributed by atoms with E-state index in [1.807, 2.05) is 22.6 Å². The van der Waals surface area contributed by atoms with E-state index >= 15 is 0 Å². The Morgan fingerprint density at radius 3 is 2.58 bits per heavy atom. The maximum Gasteiger partial charge on any atom is 0.406 e. The molecule has 3 aromatic rings. The summed E-state index contributed by atoms with van der Waals surface area (Å²) in [7, 11) is 0. The minimum Gasteiger partial charge on any atom is -0.271 e. The zero-order valence-electron chi connectivity index (χ0n) is 12.1. The largest absolute Gasteiger partial charge is 0.406 e. The average molecular weight is 469 g/mol. The minimum absolute atomic E-state index is 0.0339. The maximum atomic E-state index is 12.7. The molecule has 0 atom stereocenters. The number of aromatic nitrogens is 4. The molecule has 2 heterocycles. The summed E-state index contributed by atoms with van der Waals surface area (Å²) < 4.78 is 40.0. The van der Waals surface area contributed by atoms with Crippen LogP contribution in [0.3, 0.4) is 0 Å². The Bertz CT molecular complexity index is 996. The predicted molar refractivity (Wildman–Crippen MR) is 91.2 cm³/mol. The molecule has 0 bridgehead atoms. The Morgan fingerprint density at radius 1 is 1.29 bits per heavy atom. The number of benzene rings is 1. The standard InChI is InChI=1S/C14H9ClF3IN4O/c1-7-20-12-10(19)11(8-4-2-3-5-9(8)15)21-23(12)13(24)22(7)6-14(16,17)18/h2-5H,6H2,1H3. The van der Waals surface area contributed by atoms with Crippen LogP contribution < -0.4 is 5.69 Å². The van der Waals surface area contributed by atoms with Crippen LogP contribution in [-0.4, -0.2) is 25.3 Å². The topological polar surface area (TPSA) is 52.2 Å². The Morgan fingerprint density at radius 2 is 1.96 bits per heavy atom. The Hall–Kier alpha value is -1.62. The van der Waals surface area contributed by atoms with Gasteiger partial charge in [-0.2, -0.15) is 22.8 Å². The molecule has 0 amide bonds. The number of halogens is 5. The molecule has 2 aromatic heterocycles. The number of alkyl halides is 3. The first-order chi connectivity index (χ1) is 11.2. The van der Waals surface area contributed by atoms with E-state index in [1.54, 1.807) is 24.3 Å². The van der Waals surface area contributed by atoms with Crippen molar-refractivity contribution in [2.75, 3.05) is 0 Å². The summed E-state index contributed by atoms with van der Waals surface area (Å²) in [5, 5.41) is 4.56. The van der Waals surface area contributed by atoms with Crippen molar-refractivity contribution in [1.82, 2.24) is 19.2 Å². The lowest BCUT2D eigenvalue weighted by Crippen LogP contribution is -2.35. The van der Waals surface area contributed by atoms with Crippen molar-refractivity contribution >= 4 is 39.8 Å². The van der Waals surface area contributed by atoms with Gasteiger partial charge in [-0.25, -0.2) is 9.78 Å². The van der Waals surface area contributed by atoms with E-state index in [-0.39, 0.29) is 11.5 Å². The van der Waals surface area contributed by atoms with Crippen molar-refractivity contribution in [3.8, 4) is 11.3 Å². The molecular weight excluding hydrogens is 460 g/mol. The number of aryl methyl sites for hydroxylation is 1. The van der Waals surface area contributed by atoms with Gasteiger partial charge in [-0.1, -0.05) is 29.8 Å². The summed E-state index contributed by atoms with van der Waals surface area (Å²) in [6.07, 6.45) is -4.53. The number of nitrogens with zero attached hydrogens (tertiary/aromatic N) is 4. The number of hydrogen-bond donors (Lipinski definition) is 0. The van der Waals surface area contributed by atoms with Gasteiger partial charge in [0.1, 0.15) is 18.1 Å². The van der Waals surface area contributed by atoms with Gasteiger partial charge in [-0.3, -0.25) is 4.57 Å². The summed E-state index contributed by atoms with van der Waals surface area (Å²) in [6.45, 7) is -0.0656. The lowest BCUT2D eigenvalue weighted by atomic mass is 10.1. The highest BCUT2D eigenvalue weighted by Crippen LogP contribution is 2.31. The molecule has 0 N–H and O–H groups in total. The van der Waals surface area contributed by atoms with Crippen LogP contribution in [0.1, 0.15) is 5.82 Å². The first-order valence-corrected chi connectivity index (χ1v) is 8.12. The van der Waals surface area contributed by atoms with Gasteiger partial charge in [0, 0.05) is 5.56 Å². The molecule has 5 nitrogen and oxygen atoms in total. The molecule has 0 aliphatic carbocycles. The molecule has 0 radical (unpaired) electrons. The molecule has 10 heteroatoms. The van der Waals surface area contributed by atoms with Crippen LogP contribution in [0.25, 0.3) is 16.9 Å². The molecule has 126 valence electrons. The van der Waals surface area contributed by atoms with Gasteiger partial charge < -0.3 is 0 Å². The van der Waals surface area contributed by atoms with E-state index in [0.29, 0.717) is 24.4 Å². The highest BCUT2D eigenvalue weighted by molar-refractivity contribution is 14.1. The molecule has 24 heavy (non-hydrogen) atoms. The zero-order valence-corrected chi connectivity index (χ0v) is 15.0. The third kappa shape index (κ3) is 3.02. The molecule has 0 saturated carbocycles. The SMILES string of the molecule is Cc1nc2c(I)c(-c3ccccc3Cl)nn2c(=O)n1CC(F)(F)F. The number of rotatable bonds is 2. The normalized spacial score (nSPS) is 12.1. The van der Waals surface area contributed by atoms with Crippen molar-refractivity contribution < 1.29 is 13.2 Å². The Labute approximate surface area is 152 Å². The van der Waals surface area contributed by atoms with Crippen LogP contribution >= 0.6 is 34.2 Å². The zero-order chi connectivity index (χ0) is 17.6. The quantitative estimate of drug-likeness (QED) is 0.539. The summed E-state index contributed by atoms with van der Waals surface area (Å²) in [5.74, 6) is -0.0339. The molecule has 0 aliphatic heterocycles. The van der Waals surface area contributed by atoms with Gasteiger partial charge in [0.15, 0.2) is 5.65 Å². The Balaban J connectivity index is 2.28. The highest BCUT2D eigenvalue weighted by atomic mass is 127. The maximum absolute atomic E-state index is 12.7. The second-order valence-corrected chi connectivity index (χ2v) is 6.51. The van der Waals surface area contributed by atoms with Gasteiger partial charge in [0.25, 0.3) is 0 Å². The fraction of sp³-hybridized carbons (Fsp3) is 0.214. The lowest BCUT2D eigenvalue weighted by Gasteiger charge is -2.11. The minimum atomic E-state index is -4.53. The van der Waals surface area contributed by atoms with E-state index in [4.69, 9.17) is 11.6 Å². The van der Waals surface area contributed by atoms with Crippen LogP contribution in [-0.2, 0) is 6.54 Å². The second-order valence-electron chi connectivity index (χ2n) is 5.02. The van der Waals surface area contributed by atoms with Gasteiger partial charge in [0.05, 0.1) is 8.59 Å². The van der Waals surface area contributed by atoms with E-state index in [1.165, 1.54) is 6.92 Å².